The Hall–Kier alpha value is -1.55. The Bertz CT molecular complexity index is 857. The van der Waals surface area contributed by atoms with Crippen LogP contribution >= 0.6 is 11.8 Å². The number of fused-ring (bicyclic) bond motifs is 1. The van der Waals surface area contributed by atoms with Crippen LogP contribution in [0.3, 0.4) is 0 Å². The number of likely N-dealkylation sites (tertiary alicyclic amines) is 1. The molecule has 4 heterocycles. The van der Waals surface area contributed by atoms with Gasteiger partial charge < -0.3 is 27.5 Å². The average molecular weight is 443 g/mol. The number of carbonyl (C=O) groups is 2. The fourth-order valence-corrected chi connectivity index (χ4v) is 6.46. The van der Waals surface area contributed by atoms with Crippen LogP contribution in [0.1, 0.15) is 26.4 Å². The molecule has 2 saturated heterocycles. The summed E-state index contributed by atoms with van der Waals surface area (Å²) in [6.07, 6.45) is 6.46. The van der Waals surface area contributed by atoms with E-state index < -0.39 is 18.0 Å². The molecule has 3 aliphatic heterocycles. The van der Waals surface area contributed by atoms with E-state index in [0.717, 1.165) is 17.9 Å². The summed E-state index contributed by atoms with van der Waals surface area (Å²) in [5, 5.41) is 20.0. The maximum absolute atomic E-state index is 12.5. The molecule has 0 saturated carbocycles. The largest absolute Gasteiger partial charge is 1.00 e. The molecule has 2 N–H and O–H groups in total. The van der Waals surface area contributed by atoms with Crippen molar-refractivity contribution >= 4 is 23.6 Å². The van der Waals surface area contributed by atoms with Crippen LogP contribution in [0.4, 0.5) is 0 Å². The molecule has 0 aliphatic carbocycles. The number of aryl methyl sites for hydroxylation is 1. The van der Waals surface area contributed by atoms with Crippen molar-refractivity contribution in [1.29, 1.82) is 0 Å². The lowest BCUT2D eigenvalue weighted by Gasteiger charge is -2.46. The number of carboxylic acids is 1. The number of aromatic nitrogens is 2. The second-order valence-corrected chi connectivity index (χ2v) is 9.54. The molecule has 160 valence electrons. The molecule has 8 nitrogen and oxygen atoms in total. The molecular weight excluding hydrogens is 416 g/mol. The number of aliphatic hydroxyl groups excluding tert-OH is 1. The zero-order chi connectivity index (χ0) is 20.3. The van der Waals surface area contributed by atoms with Crippen LogP contribution in [0.15, 0.2) is 29.3 Å². The summed E-state index contributed by atoms with van der Waals surface area (Å²) < 4.78 is 4.18. The van der Waals surface area contributed by atoms with E-state index in [2.05, 4.69) is 16.5 Å². The van der Waals surface area contributed by atoms with Crippen molar-refractivity contribution in [3.8, 4) is 0 Å². The van der Waals surface area contributed by atoms with E-state index in [1.165, 1.54) is 4.90 Å². The highest BCUT2D eigenvalue weighted by Gasteiger charge is 2.60. The van der Waals surface area contributed by atoms with Crippen molar-refractivity contribution in [1.82, 2.24) is 14.4 Å². The summed E-state index contributed by atoms with van der Waals surface area (Å²) in [5.74, 6) is -1.93. The molecule has 0 aromatic carbocycles. The number of rotatable bonds is 5. The topological polar surface area (TPSA) is 89.9 Å². The highest BCUT2D eigenvalue weighted by Crippen LogP contribution is 2.52. The summed E-state index contributed by atoms with van der Waals surface area (Å²) in [4.78, 5) is 28.9. The Kier molecular flexibility index (Phi) is 6.06. The second-order valence-electron chi connectivity index (χ2n) is 8.19. The van der Waals surface area contributed by atoms with Crippen molar-refractivity contribution in [3.05, 3.63) is 29.3 Å². The van der Waals surface area contributed by atoms with Crippen LogP contribution in [0, 0.1) is 11.8 Å². The van der Waals surface area contributed by atoms with Crippen molar-refractivity contribution in [3.63, 3.8) is 0 Å². The van der Waals surface area contributed by atoms with Crippen LogP contribution < -0.4 is 17.0 Å². The lowest BCUT2D eigenvalue weighted by Crippen LogP contribution is -3.00. The van der Waals surface area contributed by atoms with Crippen molar-refractivity contribution < 1.29 is 36.8 Å². The van der Waals surface area contributed by atoms with E-state index in [1.807, 2.05) is 37.3 Å². The van der Waals surface area contributed by atoms with Crippen LogP contribution in [-0.2, 0) is 16.6 Å². The maximum Gasteiger partial charge on any atom is 0.353 e. The summed E-state index contributed by atoms with van der Waals surface area (Å²) in [6.45, 7) is 4.42. The smallest absolute Gasteiger partial charge is 0.353 e. The number of halogens is 1. The summed E-state index contributed by atoms with van der Waals surface area (Å²) in [5.41, 5.74) is 0.114. The number of aliphatic carboxylic acids is 1. The maximum atomic E-state index is 12.5. The minimum atomic E-state index is -1.06. The van der Waals surface area contributed by atoms with Crippen LogP contribution in [-0.4, -0.2) is 67.4 Å². The minimum Gasteiger partial charge on any atom is -1.00 e. The first-order chi connectivity index (χ1) is 13.2. The van der Waals surface area contributed by atoms with Gasteiger partial charge in [0.25, 0.3) is 0 Å². The number of hydrogen-bond acceptors (Lipinski definition) is 5. The Morgan fingerprint density at radius 1 is 1.41 bits per heavy atom. The van der Waals surface area contributed by atoms with E-state index in [4.69, 9.17) is 0 Å². The van der Waals surface area contributed by atoms with Crippen LogP contribution in [0.5, 0.6) is 0 Å². The number of β-lactam (4-membered cyclic amide) rings is 1. The van der Waals surface area contributed by atoms with Gasteiger partial charge in [0.05, 0.1) is 25.1 Å². The molecule has 1 amide bonds. The third kappa shape index (κ3) is 3.48. The van der Waals surface area contributed by atoms with Crippen LogP contribution in [0.25, 0.3) is 0 Å². The van der Waals surface area contributed by atoms with Gasteiger partial charge in [-0.3, -0.25) is 9.69 Å². The average Bonchev–Trinajstić information content (AvgIpc) is 3.24. The molecule has 4 rings (SSSR count). The van der Waals surface area contributed by atoms with Crippen molar-refractivity contribution in [2.75, 3.05) is 13.6 Å². The fraction of sp³-hybridized carbons (Fsp3) is 0.632. The second kappa shape index (κ2) is 7.94. The number of amides is 1. The summed E-state index contributed by atoms with van der Waals surface area (Å²) in [7, 11) is 4.07. The number of carboxylic acid groups (broad SMARTS) is 1. The molecule has 0 unspecified atom stereocenters. The quantitative estimate of drug-likeness (QED) is 0.384. The van der Waals surface area contributed by atoms with Gasteiger partial charge in [-0.25, -0.2) is 13.9 Å². The van der Waals surface area contributed by atoms with Gasteiger partial charge in [-0.15, -0.1) is 11.8 Å². The molecule has 3 aliphatic rings. The minimum absolute atomic E-state index is 0. The Morgan fingerprint density at radius 2 is 2.10 bits per heavy atom. The Morgan fingerprint density at radius 3 is 2.66 bits per heavy atom. The highest BCUT2D eigenvalue weighted by molar-refractivity contribution is 8.03. The van der Waals surface area contributed by atoms with Gasteiger partial charge in [0.15, 0.2) is 6.17 Å². The number of hydrogen-bond donors (Lipinski definition) is 2. The van der Waals surface area contributed by atoms with E-state index >= 15 is 0 Å². The number of thioether (sulfide) groups is 1. The van der Waals surface area contributed by atoms with Gasteiger partial charge in [-0.2, -0.15) is 0 Å². The first-order valence-electron chi connectivity index (χ1n) is 9.59. The Labute approximate surface area is 180 Å². The van der Waals surface area contributed by atoms with Crippen LogP contribution in [0.2, 0.25) is 0 Å². The predicted molar refractivity (Wildman–Crippen MR) is 103 cm³/mol. The third-order valence-corrected chi connectivity index (χ3v) is 7.71. The lowest BCUT2D eigenvalue weighted by molar-refractivity contribution is -0.671. The van der Waals surface area contributed by atoms with E-state index in [0.29, 0.717) is 0 Å². The van der Waals surface area contributed by atoms with E-state index in [9.17, 15) is 19.8 Å². The van der Waals surface area contributed by atoms with Gasteiger partial charge in [0, 0.05) is 29.0 Å². The van der Waals surface area contributed by atoms with Gasteiger partial charge in [0.2, 0.25) is 12.2 Å². The van der Waals surface area contributed by atoms with Gasteiger partial charge in [-0.05, 0) is 14.0 Å². The van der Waals surface area contributed by atoms with Gasteiger partial charge in [-0.1, -0.05) is 6.92 Å². The SMILES string of the molecule is C[C@@H](O)[C@H]1C(=O)N2C(C(=O)O)=C(S[C@H]3C[C@H](n4cc[n+](C)c4)N(C)C3)[C@H](C)[C@H]12.[Cl-]. The number of imidazole rings is 1. The molecule has 1 aromatic rings. The van der Waals surface area contributed by atoms with Crippen molar-refractivity contribution in [2.24, 2.45) is 18.9 Å². The molecule has 29 heavy (non-hydrogen) atoms. The molecule has 2 fully saturated rings. The lowest BCUT2D eigenvalue weighted by atomic mass is 9.79. The monoisotopic (exact) mass is 442 g/mol. The fourth-order valence-electron chi connectivity index (χ4n) is 4.87. The summed E-state index contributed by atoms with van der Waals surface area (Å²) in [6, 6.07) is -0.250. The van der Waals surface area contributed by atoms with E-state index in [-0.39, 0.29) is 47.4 Å². The number of aliphatic hydroxyl groups is 1. The normalized spacial score (nSPS) is 32.8. The first-order valence-corrected chi connectivity index (χ1v) is 10.5. The predicted octanol–water partition coefficient (Wildman–Crippen LogP) is -2.59. The summed E-state index contributed by atoms with van der Waals surface area (Å²) >= 11 is 1.59. The molecule has 0 radical (unpaired) electrons. The molecule has 0 spiro atoms. The third-order valence-electron chi connectivity index (χ3n) is 6.21. The zero-order valence-electron chi connectivity index (χ0n) is 16.9. The van der Waals surface area contributed by atoms with Gasteiger partial charge in [0.1, 0.15) is 18.1 Å². The van der Waals surface area contributed by atoms with Crippen molar-refractivity contribution in [2.45, 2.75) is 43.8 Å². The van der Waals surface area contributed by atoms with E-state index in [1.54, 1.807) is 18.7 Å². The first kappa shape index (κ1) is 22.1. The number of carbonyl (C=O) groups excluding carboxylic acids is 1. The van der Waals surface area contributed by atoms with Gasteiger partial charge >= 0.3 is 5.97 Å². The Balaban J connectivity index is 0.00000240. The standard InChI is InChI=1S/C19H26N4O4S.ClH/c1-10-15-14(11(2)24)18(25)23(15)16(19(26)27)17(10)28-12-7-13(21(4)8-12)22-6-5-20(3)9-22;/h5-6,9-15,24H,7-8H2,1-4H3;1H/t10-,11-,12+,13+,14-,15-;/m1./s1. The molecule has 6 atom stereocenters. The zero-order valence-corrected chi connectivity index (χ0v) is 18.5. The molecule has 0 bridgehead atoms. The molecule has 10 heteroatoms. The molecule has 1 aromatic heterocycles. The molecular formula is C19H27ClN4O4S. The number of nitrogens with zero attached hydrogens (tertiary/aromatic N) is 4. The highest BCUT2D eigenvalue weighted by atomic mass is 35.5.